The van der Waals surface area contributed by atoms with E-state index < -0.39 is 0 Å². The van der Waals surface area contributed by atoms with Crippen LogP contribution in [0.3, 0.4) is 0 Å². The second-order valence-electron chi connectivity index (χ2n) is 4.05. The number of nitrogen functional groups attached to an aromatic ring is 1. The van der Waals surface area contributed by atoms with Gasteiger partial charge in [0.1, 0.15) is 0 Å². The summed E-state index contributed by atoms with van der Waals surface area (Å²) in [7, 11) is 0. The van der Waals surface area contributed by atoms with Gasteiger partial charge in [0.2, 0.25) is 5.88 Å². The lowest BCUT2D eigenvalue weighted by Crippen LogP contribution is -1.96. The van der Waals surface area contributed by atoms with Crippen LogP contribution in [0.2, 0.25) is 0 Å². The first-order chi connectivity index (χ1) is 7.68. The smallest absolute Gasteiger partial charge is 0.225 e. The summed E-state index contributed by atoms with van der Waals surface area (Å²) < 4.78 is 4.94. The molecule has 16 heavy (non-hydrogen) atoms. The summed E-state index contributed by atoms with van der Waals surface area (Å²) in [4.78, 5) is 0. The minimum absolute atomic E-state index is 0.430. The highest BCUT2D eigenvalue weighted by molar-refractivity contribution is 5.38. The fraction of sp³-hybridized carbons (Fsp3) is 0.308. The van der Waals surface area contributed by atoms with Crippen LogP contribution in [0.15, 0.2) is 28.8 Å². The van der Waals surface area contributed by atoms with Gasteiger partial charge in [-0.15, -0.1) is 0 Å². The summed E-state index contributed by atoms with van der Waals surface area (Å²) in [6, 6.07) is 8.39. The Morgan fingerprint density at radius 1 is 1.19 bits per heavy atom. The standard InChI is InChI=1S/C13H16N2O/c1-9-5-3-4-6-11(9)7-8-12-10(2)13(14)16-15-12/h3-6H,7-8,14H2,1-2H3. The molecular formula is C13H16N2O. The molecule has 0 unspecified atom stereocenters. The van der Waals surface area contributed by atoms with E-state index in [0.717, 1.165) is 24.1 Å². The summed E-state index contributed by atoms with van der Waals surface area (Å²) in [5, 5.41) is 3.96. The zero-order valence-electron chi connectivity index (χ0n) is 9.66. The topological polar surface area (TPSA) is 52.0 Å². The van der Waals surface area contributed by atoms with E-state index >= 15 is 0 Å². The number of hydrogen-bond acceptors (Lipinski definition) is 3. The van der Waals surface area contributed by atoms with Crippen molar-refractivity contribution in [2.24, 2.45) is 0 Å². The Kier molecular flexibility index (Phi) is 2.95. The van der Waals surface area contributed by atoms with Crippen LogP contribution in [-0.2, 0) is 12.8 Å². The molecule has 0 saturated heterocycles. The Hall–Kier alpha value is -1.77. The van der Waals surface area contributed by atoms with Gasteiger partial charge in [-0.25, -0.2) is 0 Å². The van der Waals surface area contributed by atoms with E-state index in [1.807, 2.05) is 6.92 Å². The van der Waals surface area contributed by atoms with Crippen molar-refractivity contribution in [2.75, 3.05) is 5.73 Å². The highest BCUT2D eigenvalue weighted by Crippen LogP contribution is 2.17. The van der Waals surface area contributed by atoms with E-state index in [1.54, 1.807) is 0 Å². The molecule has 2 rings (SSSR count). The lowest BCUT2D eigenvalue weighted by molar-refractivity contribution is 0.427. The van der Waals surface area contributed by atoms with Crippen LogP contribution in [0, 0.1) is 13.8 Å². The number of nitrogens with two attached hydrogens (primary N) is 1. The molecule has 0 saturated carbocycles. The van der Waals surface area contributed by atoms with Gasteiger partial charge in [0.25, 0.3) is 0 Å². The molecule has 1 heterocycles. The Morgan fingerprint density at radius 2 is 1.94 bits per heavy atom. The van der Waals surface area contributed by atoms with Gasteiger partial charge in [0, 0.05) is 5.56 Å². The van der Waals surface area contributed by atoms with Crippen molar-refractivity contribution in [3.05, 3.63) is 46.6 Å². The monoisotopic (exact) mass is 216 g/mol. The van der Waals surface area contributed by atoms with Gasteiger partial charge in [-0.05, 0) is 37.8 Å². The first kappa shape index (κ1) is 10.7. The largest absolute Gasteiger partial charge is 0.367 e. The van der Waals surface area contributed by atoms with E-state index in [-0.39, 0.29) is 0 Å². The van der Waals surface area contributed by atoms with Gasteiger partial charge in [0.05, 0.1) is 5.69 Å². The quantitative estimate of drug-likeness (QED) is 0.858. The molecule has 2 aromatic rings. The first-order valence-corrected chi connectivity index (χ1v) is 5.43. The Bertz CT molecular complexity index is 488. The van der Waals surface area contributed by atoms with Gasteiger partial charge >= 0.3 is 0 Å². The Balaban J connectivity index is 2.08. The summed E-state index contributed by atoms with van der Waals surface area (Å²) in [6.07, 6.45) is 1.84. The molecule has 1 aromatic heterocycles. The van der Waals surface area contributed by atoms with Crippen molar-refractivity contribution in [3.8, 4) is 0 Å². The van der Waals surface area contributed by atoms with Gasteiger partial charge < -0.3 is 10.3 Å². The van der Waals surface area contributed by atoms with Crippen molar-refractivity contribution in [1.82, 2.24) is 5.16 Å². The van der Waals surface area contributed by atoms with Crippen LogP contribution in [0.5, 0.6) is 0 Å². The summed E-state index contributed by atoms with van der Waals surface area (Å²) in [5.41, 5.74) is 10.2. The number of hydrogen-bond donors (Lipinski definition) is 1. The van der Waals surface area contributed by atoms with Crippen molar-refractivity contribution in [2.45, 2.75) is 26.7 Å². The number of nitrogens with zero attached hydrogens (tertiary/aromatic N) is 1. The number of aryl methyl sites for hydroxylation is 3. The van der Waals surface area contributed by atoms with Gasteiger partial charge in [-0.1, -0.05) is 29.4 Å². The maximum Gasteiger partial charge on any atom is 0.225 e. The molecule has 1 aromatic carbocycles. The number of aromatic nitrogens is 1. The third-order valence-electron chi connectivity index (χ3n) is 2.95. The summed E-state index contributed by atoms with van der Waals surface area (Å²) in [6.45, 7) is 4.07. The summed E-state index contributed by atoms with van der Waals surface area (Å²) in [5.74, 6) is 0.430. The molecule has 84 valence electrons. The second kappa shape index (κ2) is 4.39. The molecule has 0 radical (unpaired) electrons. The molecule has 0 spiro atoms. The zero-order chi connectivity index (χ0) is 11.5. The maximum absolute atomic E-state index is 5.61. The summed E-state index contributed by atoms with van der Waals surface area (Å²) >= 11 is 0. The number of rotatable bonds is 3. The minimum Gasteiger partial charge on any atom is -0.367 e. The lowest BCUT2D eigenvalue weighted by atomic mass is 10.0. The molecule has 0 amide bonds. The normalized spacial score (nSPS) is 10.6. The first-order valence-electron chi connectivity index (χ1n) is 5.43. The third kappa shape index (κ3) is 2.08. The van der Waals surface area contributed by atoms with Crippen molar-refractivity contribution >= 4 is 5.88 Å². The molecular weight excluding hydrogens is 200 g/mol. The fourth-order valence-corrected chi connectivity index (χ4v) is 1.76. The van der Waals surface area contributed by atoms with Crippen LogP contribution in [0.4, 0.5) is 5.88 Å². The van der Waals surface area contributed by atoms with Crippen molar-refractivity contribution in [1.29, 1.82) is 0 Å². The highest BCUT2D eigenvalue weighted by Gasteiger charge is 2.09. The zero-order valence-corrected chi connectivity index (χ0v) is 9.66. The van der Waals surface area contributed by atoms with Gasteiger partial charge in [-0.3, -0.25) is 0 Å². The average molecular weight is 216 g/mol. The van der Waals surface area contributed by atoms with E-state index in [1.165, 1.54) is 11.1 Å². The molecule has 0 aliphatic rings. The minimum atomic E-state index is 0.430. The van der Waals surface area contributed by atoms with E-state index in [9.17, 15) is 0 Å². The van der Waals surface area contributed by atoms with Crippen LogP contribution in [0.1, 0.15) is 22.4 Å². The molecule has 0 aliphatic heterocycles. The highest BCUT2D eigenvalue weighted by atomic mass is 16.5. The van der Waals surface area contributed by atoms with Crippen molar-refractivity contribution in [3.63, 3.8) is 0 Å². The van der Waals surface area contributed by atoms with Crippen LogP contribution >= 0.6 is 0 Å². The Labute approximate surface area is 95.3 Å². The van der Waals surface area contributed by atoms with Gasteiger partial charge in [-0.2, -0.15) is 0 Å². The van der Waals surface area contributed by atoms with E-state index in [4.69, 9.17) is 10.3 Å². The maximum atomic E-state index is 5.61. The number of anilines is 1. The molecule has 3 heteroatoms. The van der Waals surface area contributed by atoms with E-state index in [0.29, 0.717) is 5.88 Å². The molecule has 0 aliphatic carbocycles. The average Bonchev–Trinajstić information content (AvgIpc) is 2.59. The SMILES string of the molecule is Cc1ccccc1CCc1noc(N)c1C. The molecule has 0 bridgehead atoms. The molecule has 2 N–H and O–H groups in total. The van der Waals surface area contributed by atoms with Crippen molar-refractivity contribution < 1.29 is 4.52 Å². The predicted molar refractivity (Wildman–Crippen MR) is 64.2 cm³/mol. The van der Waals surface area contributed by atoms with Crippen LogP contribution in [-0.4, -0.2) is 5.16 Å². The second-order valence-corrected chi connectivity index (χ2v) is 4.05. The molecule has 3 nitrogen and oxygen atoms in total. The predicted octanol–water partition coefficient (Wildman–Crippen LogP) is 2.66. The lowest BCUT2D eigenvalue weighted by Gasteiger charge is -2.03. The van der Waals surface area contributed by atoms with Crippen LogP contribution in [0.25, 0.3) is 0 Å². The fourth-order valence-electron chi connectivity index (χ4n) is 1.76. The molecule has 0 atom stereocenters. The van der Waals surface area contributed by atoms with Gasteiger partial charge in [0.15, 0.2) is 0 Å². The van der Waals surface area contributed by atoms with E-state index in [2.05, 4.69) is 36.3 Å². The molecule has 0 fully saturated rings. The van der Waals surface area contributed by atoms with Crippen LogP contribution < -0.4 is 5.73 Å². The Morgan fingerprint density at radius 3 is 2.56 bits per heavy atom. The third-order valence-corrected chi connectivity index (χ3v) is 2.95. The number of benzene rings is 1.